The van der Waals surface area contributed by atoms with E-state index in [0.717, 1.165) is 17.0 Å². The predicted molar refractivity (Wildman–Crippen MR) is 105 cm³/mol. The van der Waals surface area contributed by atoms with Crippen LogP contribution in [0.2, 0.25) is 0 Å². The lowest BCUT2D eigenvalue weighted by Crippen LogP contribution is -1.96. The highest BCUT2D eigenvalue weighted by molar-refractivity contribution is 5.82. The monoisotopic (exact) mass is 340 g/mol. The maximum atomic E-state index is 5.92. The summed E-state index contributed by atoms with van der Waals surface area (Å²) in [4.78, 5) is 8.84. The third-order valence-corrected chi connectivity index (χ3v) is 4.35. The first-order valence-electron chi connectivity index (χ1n) is 8.71. The van der Waals surface area contributed by atoms with Crippen molar-refractivity contribution in [2.24, 2.45) is 0 Å². The molecule has 0 aliphatic carbocycles. The minimum absolute atomic E-state index is 0.550. The number of aromatic nitrogens is 2. The zero-order valence-electron chi connectivity index (χ0n) is 14.7. The Morgan fingerprint density at radius 1 is 0.692 bits per heavy atom. The molecule has 0 unspecified atom stereocenters. The molecular weight excluding hydrogens is 320 g/mol. The van der Waals surface area contributed by atoms with Gasteiger partial charge in [0.25, 0.3) is 0 Å². The molecule has 0 saturated heterocycles. The van der Waals surface area contributed by atoms with Crippen LogP contribution in [0.3, 0.4) is 0 Å². The summed E-state index contributed by atoms with van der Waals surface area (Å²) in [6.07, 6.45) is 3.63. The van der Waals surface area contributed by atoms with Crippen molar-refractivity contribution in [3.63, 3.8) is 0 Å². The number of rotatable bonds is 5. The first kappa shape index (κ1) is 16.4. The van der Waals surface area contributed by atoms with Gasteiger partial charge in [-0.15, -0.1) is 0 Å². The summed E-state index contributed by atoms with van der Waals surface area (Å²) in [7, 11) is 0. The van der Waals surface area contributed by atoms with Crippen LogP contribution in [0.15, 0.2) is 79.1 Å². The molecule has 0 amide bonds. The highest BCUT2D eigenvalue weighted by Crippen LogP contribution is 2.19. The van der Waals surface area contributed by atoms with Gasteiger partial charge >= 0.3 is 0 Å². The van der Waals surface area contributed by atoms with Crippen LogP contribution in [0.25, 0.3) is 22.2 Å². The number of nitrogens with zero attached hydrogens (tertiary/aromatic N) is 2. The van der Waals surface area contributed by atoms with Crippen molar-refractivity contribution in [1.29, 1.82) is 0 Å². The fourth-order valence-electron chi connectivity index (χ4n) is 3.00. The molecule has 26 heavy (non-hydrogen) atoms. The van der Waals surface area contributed by atoms with Gasteiger partial charge in [0.15, 0.2) is 0 Å². The summed E-state index contributed by atoms with van der Waals surface area (Å²) in [5.41, 5.74) is 5.22. The molecular formula is C23H20N2O. The lowest BCUT2D eigenvalue weighted by Gasteiger charge is -2.07. The number of fused-ring (bicyclic) bond motifs is 1. The third kappa shape index (κ3) is 3.79. The lowest BCUT2D eigenvalue weighted by atomic mass is 10.1. The molecule has 0 saturated carbocycles. The summed E-state index contributed by atoms with van der Waals surface area (Å²) in [6, 6.07) is 22.9. The molecule has 0 bridgehead atoms. The van der Waals surface area contributed by atoms with Crippen LogP contribution in [0, 0.1) is 6.92 Å². The first-order chi connectivity index (χ1) is 12.8. The SMILES string of the molecule is Cc1ccnc(-c2cc(COCc3ccc4ccccc4c3)ccn2)c1. The maximum Gasteiger partial charge on any atom is 0.0889 e. The first-order valence-corrected chi connectivity index (χ1v) is 8.71. The van der Waals surface area contributed by atoms with E-state index < -0.39 is 0 Å². The van der Waals surface area contributed by atoms with Crippen molar-refractivity contribution in [3.05, 3.63) is 95.8 Å². The van der Waals surface area contributed by atoms with Crippen molar-refractivity contribution in [2.75, 3.05) is 0 Å². The maximum absolute atomic E-state index is 5.92. The lowest BCUT2D eigenvalue weighted by molar-refractivity contribution is 0.107. The normalized spacial score (nSPS) is 11.0. The van der Waals surface area contributed by atoms with Gasteiger partial charge in [-0.25, -0.2) is 0 Å². The van der Waals surface area contributed by atoms with E-state index in [0.29, 0.717) is 13.2 Å². The Morgan fingerprint density at radius 3 is 2.19 bits per heavy atom. The Kier molecular flexibility index (Phi) is 4.71. The second-order valence-corrected chi connectivity index (χ2v) is 6.44. The van der Waals surface area contributed by atoms with E-state index in [4.69, 9.17) is 4.74 Å². The van der Waals surface area contributed by atoms with Crippen molar-refractivity contribution in [3.8, 4) is 11.4 Å². The summed E-state index contributed by atoms with van der Waals surface area (Å²) >= 11 is 0. The average molecular weight is 340 g/mol. The van der Waals surface area contributed by atoms with E-state index in [9.17, 15) is 0 Å². The van der Waals surface area contributed by atoms with Gasteiger partial charge in [0.05, 0.1) is 24.6 Å². The van der Waals surface area contributed by atoms with E-state index in [1.807, 2.05) is 36.7 Å². The molecule has 2 heterocycles. The fourth-order valence-corrected chi connectivity index (χ4v) is 3.00. The number of hydrogen-bond donors (Lipinski definition) is 0. The highest BCUT2D eigenvalue weighted by Gasteiger charge is 2.03. The summed E-state index contributed by atoms with van der Waals surface area (Å²) in [5, 5.41) is 2.49. The van der Waals surface area contributed by atoms with Gasteiger partial charge in [0.2, 0.25) is 0 Å². The quantitative estimate of drug-likeness (QED) is 0.493. The molecule has 3 heteroatoms. The minimum Gasteiger partial charge on any atom is -0.372 e. The Hall–Kier alpha value is -3.04. The smallest absolute Gasteiger partial charge is 0.0889 e. The van der Waals surface area contributed by atoms with Crippen LogP contribution in [0.1, 0.15) is 16.7 Å². The van der Waals surface area contributed by atoms with E-state index in [-0.39, 0.29) is 0 Å². The largest absolute Gasteiger partial charge is 0.372 e. The molecule has 2 aromatic heterocycles. The van der Waals surface area contributed by atoms with Crippen molar-refractivity contribution in [2.45, 2.75) is 20.1 Å². The number of hydrogen-bond acceptors (Lipinski definition) is 3. The van der Waals surface area contributed by atoms with E-state index >= 15 is 0 Å². The summed E-state index contributed by atoms with van der Waals surface area (Å²) in [5.74, 6) is 0. The number of benzene rings is 2. The van der Waals surface area contributed by atoms with Crippen LogP contribution in [0.5, 0.6) is 0 Å². The van der Waals surface area contributed by atoms with Crippen LogP contribution in [-0.2, 0) is 18.0 Å². The molecule has 0 aliphatic heterocycles. The zero-order chi connectivity index (χ0) is 17.8. The van der Waals surface area contributed by atoms with Crippen molar-refractivity contribution in [1.82, 2.24) is 9.97 Å². The Bertz CT molecular complexity index is 1040. The Balaban J connectivity index is 1.43. The number of pyridine rings is 2. The highest BCUT2D eigenvalue weighted by atomic mass is 16.5. The molecule has 2 aromatic carbocycles. The molecule has 0 radical (unpaired) electrons. The zero-order valence-corrected chi connectivity index (χ0v) is 14.7. The van der Waals surface area contributed by atoms with Crippen LogP contribution in [-0.4, -0.2) is 9.97 Å². The van der Waals surface area contributed by atoms with Gasteiger partial charge in [-0.1, -0.05) is 36.4 Å². The second-order valence-electron chi connectivity index (χ2n) is 6.44. The van der Waals surface area contributed by atoms with Gasteiger partial charge in [0, 0.05) is 12.4 Å². The minimum atomic E-state index is 0.550. The predicted octanol–water partition coefficient (Wildman–Crippen LogP) is 5.32. The third-order valence-electron chi connectivity index (χ3n) is 4.35. The molecule has 4 rings (SSSR count). The molecule has 0 fully saturated rings. The summed E-state index contributed by atoms with van der Waals surface area (Å²) < 4.78 is 5.92. The second kappa shape index (κ2) is 7.46. The van der Waals surface area contributed by atoms with Crippen LogP contribution < -0.4 is 0 Å². The molecule has 0 N–H and O–H groups in total. The number of ether oxygens (including phenoxy) is 1. The van der Waals surface area contributed by atoms with Gasteiger partial charge in [-0.3, -0.25) is 9.97 Å². The fraction of sp³-hybridized carbons (Fsp3) is 0.130. The number of aryl methyl sites for hydroxylation is 1. The van der Waals surface area contributed by atoms with E-state index in [2.05, 4.69) is 59.4 Å². The molecule has 0 spiro atoms. The molecule has 4 aromatic rings. The molecule has 128 valence electrons. The standard InChI is InChI=1S/C23H20N2O/c1-17-8-10-24-22(12-17)23-14-19(9-11-25-23)16-26-15-18-6-7-20-4-2-3-5-21(20)13-18/h2-14H,15-16H2,1H3. The summed E-state index contributed by atoms with van der Waals surface area (Å²) in [6.45, 7) is 3.20. The van der Waals surface area contributed by atoms with E-state index in [1.165, 1.54) is 21.9 Å². The van der Waals surface area contributed by atoms with Gasteiger partial charge in [-0.2, -0.15) is 0 Å². The van der Waals surface area contributed by atoms with Gasteiger partial charge in [0.1, 0.15) is 0 Å². The topological polar surface area (TPSA) is 35.0 Å². The van der Waals surface area contributed by atoms with Crippen LogP contribution in [0.4, 0.5) is 0 Å². The Labute approximate surface area is 153 Å². The van der Waals surface area contributed by atoms with Gasteiger partial charge in [-0.05, 0) is 64.7 Å². The molecule has 0 atom stereocenters. The van der Waals surface area contributed by atoms with Crippen molar-refractivity contribution < 1.29 is 4.74 Å². The molecule has 3 nitrogen and oxygen atoms in total. The van der Waals surface area contributed by atoms with E-state index in [1.54, 1.807) is 0 Å². The van der Waals surface area contributed by atoms with Crippen molar-refractivity contribution >= 4 is 10.8 Å². The average Bonchev–Trinajstić information content (AvgIpc) is 2.68. The Morgan fingerprint density at radius 2 is 1.38 bits per heavy atom. The molecule has 0 aliphatic rings. The van der Waals surface area contributed by atoms with Gasteiger partial charge < -0.3 is 4.74 Å². The van der Waals surface area contributed by atoms with Crippen LogP contribution >= 0.6 is 0 Å².